The highest BCUT2D eigenvalue weighted by Gasteiger charge is 2.47. The molecule has 0 N–H and O–H groups in total. The summed E-state index contributed by atoms with van der Waals surface area (Å²) in [6.45, 7) is 0. The van der Waals surface area contributed by atoms with E-state index in [0.29, 0.717) is 16.1 Å². The minimum absolute atomic E-state index is 0.252. The van der Waals surface area contributed by atoms with Gasteiger partial charge >= 0.3 is 0 Å². The molecule has 2 aromatic rings. The maximum atomic E-state index is 12.7. The molecule has 0 saturated carbocycles. The highest BCUT2D eigenvalue weighted by atomic mass is 35.5. The number of rotatable bonds is 0. The first-order valence-electron chi connectivity index (χ1n) is 6.59. The fourth-order valence-corrected chi connectivity index (χ4v) is 3.30. The first kappa shape index (κ1) is 12.4. The quantitative estimate of drug-likeness (QED) is 0.702. The van der Waals surface area contributed by atoms with Crippen LogP contribution in [0.4, 0.5) is 5.69 Å². The zero-order valence-electron chi connectivity index (χ0n) is 11.2. The van der Waals surface area contributed by atoms with Crippen LogP contribution in [0.1, 0.15) is 32.4 Å². The molecule has 4 rings (SSSR count). The first-order valence-corrected chi connectivity index (χ1v) is 6.96. The van der Waals surface area contributed by atoms with Gasteiger partial charge in [-0.15, -0.1) is 0 Å². The van der Waals surface area contributed by atoms with Crippen molar-refractivity contribution in [2.45, 2.75) is 6.17 Å². The molecule has 0 radical (unpaired) electrons. The van der Waals surface area contributed by atoms with Gasteiger partial charge in [-0.1, -0.05) is 29.8 Å². The second-order valence-electron chi connectivity index (χ2n) is 5.21. The molecular weight excluding hydrogens is 288 g/mol. The molecule has 2 aromatic carbocycles. The van der Waals surface area contributed by atoms with Crippen molar-refractivity contribution in [3.63, 3.8) is 0 Å². The van der Waals surface area contributed by atoms with Crippen molar-refractivity contribution in [3.8, 4) is 0 Å². The Morgan fingerprint density at radius 1 is 1.00 bits per heavy atom. The van der Waals surface area contributed by atoms with E-state index in [-0.39, 0.29) is 18.0 Å². The van der Waals surface area contributed by atoms with Crippen LogP contribution >= 0.6 is 11.6 Å². The van der Waals surface area contributed by atoms with Crippen LogP contribution in [0.15, 0.2) is 42.5 Å². The van der Waals surface area contributed by atoms with Crippen LogP contribution in [-0.4, -0.2) is 23.8 Å². The van der Waals surface area contributed by atoms with E-state index in [4.69, 9.17) is 11.6 Å². The maximum absolute atomic E-state index is 12.7. The van der Waals surface area contributed by atoms with E-state index in [1.807, 2.05) is 36.2 Å². The summed E-state index contributed by atoms with van der Waals surface area (Å²) in [5, 5.41) is 0.484. The first-order chi connectivity index (χ1) is 10.1. The van der Waals surface area contributed by atoms with Crippen molar-refractivity contribution in [1.82, 2.24) is 4.90 Å². The normalized spacial score (nSPS) is 19.4. The van der Waals surface area contributed by atoms with E-state index in [1.54, 1.807) is 18.2 Å². The van der Waals surface area contributed by atoms with Crippen LogP contribution in [0.3, 0.4) is 0 Å². The summed E-state index contributed by atoms with van der Waals surface area (Å²) >= 11 is 5.98. The Bertz CT molecular complexity index is 803. The Morgan fingerprint density at radius 3 is 2.52 bits per heavy atom. The standard InChI is InChI=1S/C16H11ClN2O2/c1-18-13-7-6-9(17)8-12(13)16(21)19-14(18)10-4-2-3-5-11(10)15(19)20/h2-8,14H,1H3/t14-/m0/s1. The van der Waals surface area contributed by atoms with Gasteiger partial charge in [-0.05, 0) is 24.3 Å². The van der Waals surface area contributed by atoms with Gasteiger partial charge in [0.15, 0.2) is 0 Å². The van der Waals surface area contributed by atoms with Crippen molar-refractivity contribution in [2.24, 2.45) is 0 Å². The van der Waals surface area contributed by atoms with E-state index in [2.05, 4.69) is 0 Å². The van der Waals surface area contributed by atoms with Crippen LogP contribution in [0.5, 0.6) is 0 Å². The Balaban J connectivity index is 1.97. The number of nitrogens with zero attached hydrogens (tertiary/aromatic N) is 2. The lowest BCUT2D eigenvalue weighted by molar-refractivity contribution is 0.0564. The Morgan fingerprint density at radius 2 is 1.71 bits per heavy atom. The van der Waals surface area contributed by atoms with Gasteiger partial charge in [-0.2, -0.15) is 0 Å². The summed E-state index contributed by atoms with van der Waals surface area (Å²) in [7, 11) is 1.88. The number of fused-ring (bicyclic) bond motifs is 4. The van der Waals surface area contributed by atoms with Crippen molar-refractivity contribution in [3.05, 3.63) is 64.2 Å². The van der Waals surface area contributed by atoms with Crippen molar-refractivity contribution >= 4 is 29.1 Å². The molecule has 0 aromatic heterocycles. The van der Waals surface area contributed by atoms with Crippen LogP contribution in [0, 0.1) is 0 Å². The smallest absolute Gasteiger partial charge is 0.264 e. The molecule has 4 nitrogen and oxygen atoms in total. The van der Waals surface area contributed by atoms with Gasteiger partial charge < -0.3 is 4.90 Å². The lowest BCUT2D eigenvalue weighted by atomic mass is 10.0. The van der Waals surface area contributed by atoms with E-state index < -0.39 is 0 Å². The number of carbonyl (C=O) groups excluding carboxylic acids is 2. The molecule has 2 aliphatic heterocycles. The molecule has 2 amide bonds. The molecule has 2 aliphatic rings. The molecule has 0 unspecified atom stereocenters. The minimum atomic E-state index is -0.380. The minimum Gasteiger partial charge on any atom is -0.349 e. The molecule has 21 heavy (non-hydrogen) atoms. The molecular formula is C16H11ClN2O2. The molecule has 0 bridgehead atoms. The summed E-state index contributed by atoms with van der Waals surface area (Å²) < 4.78 is 0. The van der Waals surface area contributed by atoms with E-state index in [9.17, 15) is 9.59 Å². The largest absolute Gasteiger partial charge is 0.349 e. The average molecular weight is 299 g/mol. The zero-order chi connectivity index (χ0) is 14.7. The molecule has 2 heterocycles. The van der Waals surface area contributed by atoms with Crippen molar-refractivity contribution < 1.29 is 9.59 Å². The number of imide groups is 1. The number of anilines is 1. The fourth-order valence-electron chi connectivity index (χ4n) is 3.13. The fraction of sp³-hybridized carbons (Fsp3) is 0.125. The van der Waals surface area contributed by atoms with Gasteiger partial charge in [-0.3, -0.25) is 9.59 Å². The number of amides is 2. The van der Waals surface area contributed by atoms with E-state index >= 15 is 0 Å². The van der Waals surface area contributed by atoms with Crippen molar-refractivity contribution in [2.75, 3.05) is 11.9 Å². The maximum Gasteiger partial charge on any atom is 0.264 e. The number of benzene rings is 2. The van der Waals surface area contributed by atoms with Crippen LogP contribution < -0.4 is 4.90 Å². The van der Waals surface area contributed by atoms with Gasteiger partial charge in [0, 0.05) is 23.2 Å². The number of hydrogen-bond donors (Lipinski definition) is 0. The lowest BCUT2D eigenvalue weighted by Gasteiger charge is -2.39. The van der Waals surface area contributed by atoms with Gasteiger partial charge in [0.1, 0.15) is 6.17 Å². The van der Waals surface area contributed by atoms with Crippen LogP contribution in [0.25, 0.3) is 0 Å². The summed E-state index contributed by atoms with van der Waals surface area (Å²) in [5.41, 5.74) is 2.69. The highest BCUT2D eigenvalue weighted by Crippen LogP contribution is 2.44. The highest BCUT2D eigenvalue weighted by molar-refractivity contribution is 6.31. The van der Waals surface area contributed by atoms with E-state index in [1.165, 1.54) is 4.90 Å². The van der Waals surface area contributed by atoms with Crippen LogP contribution in [0.2, 0.25) is 5.02 Å². The molecule has 0 spiro atoms. The average Bonchev–Trinajstić information content (AvgIpc) is 2.79. The Kier molecular flexibility index (Phi) is 2.41. The SMILES string of the molecule is CN1c2ccc(Cl)cc2C(=O)N2C(=O)c3ccccc3[C@H]21. The monoisotopic (exact) mass is 298 g/mol. The van der Waals surface area contributed by atoms with Gasteiger partial charge in [0.2, 0.25) is 0 Å². The summed E-state index contributed by atoms with van der Waals surface area (Å²) in [6, 6.07) is 12.5. The zero-order valence-corrected chi connectivity index (χ0v) is 12.0. The second kappa shape index (κ2) is 4.09. The Labute approximate surface area is 126 Å². The lowest BCUT2D eigenvalue weighted by Crippen LogP contribution is -2.46. The number of hydrogen-bond acceptors (Lipinski definition) is 3. The topological polar surface area (TPSA) is 40.6 Å². The van der Waals surface area contributed by atoms with Crippen LogP contribution in [-0.2, 0) is 0 Å². The number of carbonyl (C=O) groups is 2. The molecule has 0 fully saturated rings. The molecule has 5 heteroatoms. The Hall–Kier alpha value is -2.33. The third-order valence-electron chi connectivity index (χ3n) is 4.09. The molecule has 1 atom stereocenters. The third-order valence-corrected chi connectivity index (χ3v) is 4.32. The van der Waals surface area contributed by atoms with Gasteiger partial charge in [0.25, 0.3) is 11.8 Å². The summed E-state index contributed by atoms with van der Waals surface area (Å²) in [5.74, 6) is -0.546. The summed E-state index contributed by atoms with van der Waals surface area (Å²) in [4.78, 5) is 28.5. The number of halogens is 1. The molecule has 0 aliphatic carbocycles. The second-order valence-corrected chi connectivity index (χ2v) is 5.65. The predicted molar refractivity (Wildman–Crippen MR) is 79.5 cm³/mol. The predicted octanol–water partition coefficient (Wildman–Crippen LogP) is 3.08. The molecule has 0 saturated heterocycles. The third kappa shape index (κ3) is 1.51. The van der Waals surface area contributed by atoms with Crippen molar-refractivity contribution in [1.29, 1.82) is 0 Å². The van der Waals surface area contributed by atoms with Gasteiger partial charge in [0.05, 0.1) is 11.3 Å². The van der Waals surface area contributed by atoms with E-state index in [0.717, 1.165) is 11.3 Å². The summed E-state index contributed by atoms with van der Waals surface area (Å²) in [6.07, 6.45) is -0.380. The van der Waals surface area contributed by atoms with Gasteiger partial charge in [-0.25, -0.2) is 4.90 Å². The molecule has 104 valence electrons.